The van der Waals surface area contributed by atoms with E-state index in [0.717, 1.165) is 10.9 Å². The third kappa shape index (κ3) is 2.81. The molecular weight excluding hydrogens is 256 g/mol. The molecule has 0 saturated heterocycles. The van der Waals surface area contributed by atoms with Gasteiger partial charge < -0.3 is 10.5 Å². The summed E-state index contributed by atoms with van der Waals surface area (Å²) in [5.41, 5.74) is 9.16. The highest BCUT2D eigenvalue weighted by Gasteiger charge is 2.02. The topological polar surface area (TPSA) is 120 Å². The molecule has 1 heterocycles. The second-order valence-electron chi connectivity index (χ2n) is 3.86. The molecule has 7 heteroatoms. The monoisotopic (exact) mass is 268 g/mol. The number of nitrogens with two attached hydrogens (primary N) is 1. The van der Waals surface area contributed by atoms with Crippen LogP contribution in [0.25, 0.3) is 10.9 Å². The van der Waals surface area contributed by atoms with E-state index < -0.39 is 0 Å². The Kier molecular flexibility index (Phi) is 3.77. The lowest BCUT2D eigenvalue weighted by Crippen LogP contribution is -2.21. The van der Waals surface area contributed by atoms with E-state index in [2.05, 4.69) is 15.5 Å². The fraction of sp³-hybridized carbons (Fsp3) is 0.0769. The first-order valence-corrected chi connectivity index (χ1v) is 5.67. The van der Waals surface area contributed by atoms with Crippen LogP contribution in [0.15, 0.2) is 35.4 Å². The van der Waals surface area contributed by atoms with Crippen LogP contribution in [0.2, 0.25) is 0 Å². The van der Waals surface area contributed by atoms with Crippen LogP contribution < -0.4 is 15.9 Å². The molecule has 4 N–H and O–H groups in total. The van der Waals surface area contributed by atoms with E-state index >= 15 is 0 Å². The van der Waals surface area contributed by atoms with Crippen LogP contribution in [0.1, 0.15) is 0 Å². The Morgan fingerprint density at radius 3 is 2.90 bits per heavy atom. The maximum absolute atomic E-state index is 8.74. The summed E-state index contributed by atoms with van der Waals surface area (Å²) < 4.78 is 5.05. The second kappa shape index (κ2) is 5.67. The van der Waals surface area contributed by atoms with Gasteiger partial charge in [0.15, 0.2) is 5.84 Å². The predicted molar refractivity (Wildman–Crippen MR) is 76.9 cm³/mol. The van der Waals surface area contributed by atoms with Gasteiger partial charge in [0.2, 0.25) is 11.6 Å². The third-order valence-corrected chi connectivity index (χ3v) is 2.53. The van der Waals surface area contributed by atoms with Gasteiger partial charge in [-0.2, -0.15) is 10.4 Å². The van der Waals surface area contributed by atoms with Crippen LogP contribution in [-0.4, -0.2) is 23.6 Å². The summed E-state index contributed by atoms with van der Waals surface area (Å²) in [6, 6.07) is 10.7. The average Bonchev–Trinajstić information content (AvgIpc) is 2.46. The number of benzene rings is 1. The number of aromatic nitrogens is 1. The predicted octanol–water partition coefficient (Wildman–Crippen LogP) is 1.47. The molecule has 0 spiro atoms. The lowest BCUT2D eigenvalue weighted by atomic mass is 10.2. The summed E-state index contributed by atoms with van der Waals surface area (Å²) in [5.74, 6) is 0.159. The number of anilines is 1. The molecule has 0 aliphatic rings. The Labute approximate surface area is 115 Å². The zero-order chi connectivity index (χ0) is 14.5. The van der Waals surface area contributed by atoms with E-state index in [1.165, 1.54) is 0 Å². The number of rotatable bonds is 4. The normalized spacial score (nSPS) is 10.9. The molecule has 0 amide bonds. The van der Waals surface area contributed by atoms with Crippen molar-refractivity contribution in [2.24, 2.45) is 10.8 Å². The molecule has 2 rings (SSSR count). The highest BCUT2D eigenvalue weighted by Crippen LogP contribution is 2.20. The third-order valence-electron chi connectivity index (χ3n) is 2.53. The summed E-state index contributed by atoms with van der Waals surface area (Å²) in [5, 5.41) is 20.6. The smallest absolute Gasteiger partial charge is 0.213 e. The molecule has 0 aliphatic heterocycles. The summed E-state index contributed by atoms with van der Waals surface area (Å²) in [6.45, 7) is 0. The van der Waals surface area contributed by atoms with Crippen molar-refractivity contribution in [3.05, 3.63) is 30.3 Å². The number of nitrogens with one attached hydrogen (secondary N) is 2. The van der Waals surface area contributed by atoms with Crippen LogP contribution in [-0.2, 0) is 0 Å². The molecule has 1 aromatic carbocycles. The molecule has 100 valence electrons. The van der Waals surface area contributed by atoms with Crippen molar-refractivity contribution in [2.45, 2.75) is 0 Å². The van der Waals surface area contributed by atoms with Crippen LogP contribution in [0, 0.1) is 16.7 Å². The van der Waals surface area contributed by atoms with Gasteiger partial charge in [0.25, 0.3) is 0 Å². The highest BCUT2D eigenvalue weighted by atomic mass is 16.5. The first-order valence-electron chi connectivity index (χ1n) is 5.67. The molecule has 2 aromatic rings. The number of nitriles is 1. The molecule has 0 bridgehead atoms. The van der Waals surface area contributed by atoms with E-state index in [0.29, 0.717) is 11.6 Å². The molecule has 0 saturated carbocycles. The van der Waals surface area contributed by atoms with E-state index in [-0.39, 0.29) is 11.5 Å². The summed E-state index contributed by atoms with van der Waals surface area (Å²) in [4.78, 5) is 4.28. The van der Waals surface area contributed by atoms with Gasteiger partial charge in [0.05, 0.1) is 18.3 Å². The standard InChI is InChI=1S/C13H12N6O/c1-20-12-5-2-8-6-9(3-4-10(8)17-12)18-19-11(7-14)13(15)16/h2-6,18H,1H3,(H3,15,16)/b19-11+. The quantitative estimate of drug-likeness (QED) is 0.440. The van der Waals surface area contributed by atoms with E-state index in [1.54, 1.807) is 31.4 Å². The molecule has 0 radical (unpaired) electrons. The van der Waals surface area contributed by atoms with Crippen LogP contribution >= 0.6 is 0 Å². The lowest BCUT2D eigenvalue weighted by molar-refractivity contribution is 0.399. The molecular formula is C13H12N6O. The Morgan fingerprint density at radius 2 is 2.25 bits per heavy atom. The summed E-state index contributed by atoms with van der Waals surface area (Å²) in [7, 11) is 1.56. The Bertz CT molecular complexity index is 731. The zero-order valence-corrected chi connectivity index (χ0v) is 10.7. The number of nitrogens with zero attached hydrogens (tertiary/aromatic N) is 3. The SMILES string of the molecule is COc1ccc2cc(N/N=C(\C#N)C(=N)N)ccc2n1. The van der Waals surface area contributed by atoms with Crippen molar-refractivity contribution in [3.63, 3.8) is 0 Å². The van der Waals surface area contributed by atoms with Crippen molar-refractivity contribution in [1.82, 2.24) is 4.98 Å². The number of hydrogen-bond donors (Lipinski definition) is 3. The van der Waals surface area contributed by atoms with Crippen LogP contribution in [0.5, 0.6) is 5.88 Å². The van der Waals surface area contributed by atoms with E-state index in [1.807, 2.05) is 12.1 Å². The number of hydrogen-bond acceptors (Lipinski definition) is 6. The number of ether oxygens (including phenoxy) is 1. The average molecular weight is 268 g/mol. The van der Waals surface area contributed by atoms with Gasteiger partial charge in [0, 0.05) is 11.5 Å². The Balaban J connectivity index is 2.29. The number of fused-ring (bicyclic) bond motifs is 1. The fourth-order valence-electron chi connectivity index (χ4n) is 1.56. The van der Waals surface area contributed by atoms with Gasteiger partial charge >= 0.3 is 0 Å². The fourth-order valence-corrected chi connectivity index (χ4v) is 1.56. The first kappa shape index (κ1) is 13.3. The highest BCUT2D eigenvalue weighted by molar-refractivity contribution is 6.45. The maximum atomic E-state index is 8.74. The summed E-state index contributed by atoms with van der Waals surface area (Å²) in [6.07, 6.45) is 0. The minimum absolute atomic E-state index is 0.169. The van der Waals surface area contributed by atoms with Crippen molar-refractivity contribution < 1.29 is 4.74 Å². The van der Waals surface area contributed by atoms with Crippen LogP contribution in [0.4, 0.5) is 5.69 Å². The Morgan fingerprint density at radius 1 is 1.45 bits per heavy atom. The summed E-state index contributed by atoms with van der Waals surface area (Å²) >= 11 is 0. The van der Waals surface area contributed by atoms with Gasteiger partial charge in [0.1, 0.15) is 6.07 Å². The molecule has 7 nitrogen and oxygen atoms in total. The molecule has 1 aromatic heterocycles. The molecule has 0 fully saturated rings. The molecule has 20 heavy (non-hydrogen) atoms. The first-order chi connectivity index (χ1) is 9.63. The van der Waals surface area contributed by atoms with Crippen molar-refractivity contribution >= 4 is 28.1 Å². The minimum Gasteiger partial charge on any atom is -0.481 e. The van der Waals surface area contributed by atoms with E-state index in [9.17, 15) is 0 Å². The lowest BCUT2D eigenvalue weighted by Gasteiger charge is -2.04. The second-order valence-corrected chi connectivity index (χ2v) is 3.86. The van der Waals surface area contributed by atoms with Gasteiger partial charge in [-0.15, -0.1) is 0 Å². The van der Waals surface area contributed by atoms with Gasteiger partial charge in [-0.1, -0.05) is 0 Å². The zero-order valence-electron chi connectivity index (χ0n) is 10.7. The van der Waals surface area contributed by atoms with E-state index in [4.69, 9.17) is 21.1 Å². The molecule has 0 unspecified atom stereocenters. The van der Waals surface area contributed by atoms with Crippen LogP contribution in [0.3, 0.4) is 0 Å². The van der Waals surface area contributed by atoms with Gasteiger partial charge in [-0.25, -0.2) is 4.98 Å². The molecule has 0 aliphatic carbocycles. The number of pyridine rings is 1. The van der Waals surface area contributed by atoms with Crippen molar-refractivity contribution in [1.29, 1.82) is 10.7 Å². The van der Waals surface area contributed by atoms with Crippen molar-refractivity contribution in [2.75, 3.05) is 12.5 Å². The molecule has 0 atom stereocenters. The largest absolute Gasteiger partial charge is 0.481 e. The number of methoxy groups -OCH3 is 1. The maximum Gasteiger partial charge on any atom is 0.213 e. The minimum atomic E-state index is -0.382. The number of amidine groups is 1. The van der Waals surface area contributed by atoms with Gasteiger partial charge in [-0.05, 0) is 24.3 Å². The number of hydrazone groups is 1. The van der Waals surface area contributed by atoms with Gasteiger partial charge in [-0.3, -0.25) is 10.8 Å². The Hall–Kier alpha value is -3.14. The van der Waals surface area contributed by atoms with Crippen molar-refractivity contribution in [3.8, 4) is 11.9 Å².